The van der Waals surface area contributed by atoms with Crippen LogP contribution < -0.4 is 16.0 Å². The Morgan fingerprint density at radius 3 is 2.69 bits per heavy atom. The Morgan fingerprint density at radius 1 is 1.19 bits per heavy atom. The summed E-state index contributed by atoms with van der Waals surface area (Å²) in [7, 11) is 0. The molecule has 1 aliphatic rings. The van der Waals surface area contributed by atoms with Gasteiger partial charge in [-0.05, 0) is 37.0 Å². The number of benzene rings is 1. The maximum absolute atomic E-state index is 12.3. The van der Waals surface area contributed by atoms with Gasteiger partial charge in [-0.1, -0.05) is 38.8 Å². The van der Waals surface area contributed by atoms with Crippen LogP contribution in [0.2, 0.25) is 0 Å². The molecule has 3 N–H and O–H groups in total. The fraction of sp³-hybridized carbons (Fsp3) is 0.667. The quantitative estimate of drug-likeness (QED) is 0.157. The number of aliphatic imine (C=N–C) groups is 1. The highest BCUT2D eigenvalue weighted by atomic mass is 127. The van der Waals surface area contributed by atoms with Crippen molar-refractivity contribution in [3.63, 3.8) is 0 Å². The molecule has 0 spiro atoms. The third kappa shape index (κ3) is 12.6. The van der Waals surface area contributed by atoms with Crippen molar-refractivity contribution in [3.05, 3.63) is 29.8 Å². The minimum atomic E-state index is 0. The predicted octanol–water partition coefficient (Wildman–Crippen LogP) is 3.85. The zero-order chi connectivity index (χ0) is 22.3. The van der Waals surface area contributed by atoms with Crippen LogP contribution in [0.1, 0.15) is 52.0 Å². The van der Waals surface area contributed by atoms with Crippen LogP contribution in [0.5, 0.6) is 0 Å². The average Bonchev–Trinajstić information content (AvgIpc) is 2.76. The smallest absolute Gasteiger partial charge is 0.225 e. The number of nitrogens with one attached hydrogen (secondary N) is 3. The summed E-state index contributed by atoms with van der Waals surface area (Å²) in [6, 6.07) is 7.94. The number of carbonyl (C=O) groups is 1. The first-order chi connectivity index (χ1) is 15.1. The minimum Gasteiger partial charge on any atom is -0.379 e. The summed E-state index contributed by atoms with van der Waals surface area (Å²) in [6.07, 6.45) is 4.14. The number of hydrogen-bond donors (Lipinski definition) is 3. The van der Waals surface area contributed by atoms with E-state index in [4.69, 9.17) is 9.73 Å². The van der Waals surface area contributed by atoms with Crippen LogP contribution in [0, 0.1) is 5.92 Å². The number of halogens is 1. The molecule has 7 nitrogen and oxygen atoms in total. The summed E-state index contributed by atoms with van der Waals surface area (Å²) >= 11 is 0. The lowest BCUT2D eigenvalue weighted by molar-refractivity contribution is -0.116. The maximum Gasteiger partial charge on any atom is 0.225 e. The van der Waals surface area contributed by atoms with E-state index < -0.39 is 0 Å². The molecule has 8 heteroatoms. The number of guanidine groups is 1. The van der Waals surface area contributed by atoms with Gasteiger partial charge in [-0.25, -0.2) is 4.99 Å². The molecule has 0 atom stereocenters. The van der Waals surface area contributed by atoms with Gasteiger partial charge >= 0.3 is 0 Å². The number of rotatable bonds is 12. The Kier molecular flexibility index (Phi) is 15.3. The topological polar surface area (TPSA) is 78.0 Å². The van der Waals surface area contributed by atoms with Gasteiger partial charge in [0.15, 0.2) is 5.96 Å². The number of anilines is 1. The highest BCUT2D eigenvalue weighted by Gasteiger charge is 2.12. The lowest BCUT2D eigenvalue weighted by atomic mass is 10.1. The van der Waals surface area contributed by atoms with Gasteiger partial charge in [0.1, 0.15) is 0 Å². The summed E-state index contributed by atoms with van der Waals surface area (Å²) in [5.41, 5.74) is 1.90. The monoisotopic (exact) mass is 559 g/mol. The zero-order valence-electron chi connectivity index (χ0n) is 20.0. The minimum absolute atomic E-state index is 0. The number of morpholine rings is 1. The van der Waals surface area contributed by atoms with E-state index >= 15 is 0 Å². The van der Waals surface area contributed by atoms with Gasteiger partial charge in [-0.2, -0.15) is 0 Å². The van der Waals surface area contributed by atoms with Crippen molar-refractivity contribution >= 4 is 41.5 Å². The first-order valence-electron chi connectivity index (χ1n) is 11.8. The van der Waals surface area contributed by atoms with Gasteiger partial charge < -0.3 is 20.7 Å². The molecule has 0 aromatic heterocycles. The van der Waals surface area contributed by atoms with Crippen LogP contribution in [0.25, 0.3) is 0 Å². The first-order valence-corrected chi connectivity index (χ1v) is 11.8. The van der Waals surface area contributed by atoms with Crippen molar-refractivity contribution in [2.24, 2.45) is 10.9 Å². The van der Waals surface area contributed by atoms with E-state index in [9.17, 15) is 4.79 Å². The Hall–Kier alpha value is -1.39. The SMILES string of the molecule is CCNC(=NCc1cccc(NC(=O)CCN2CCOCC2)c1)NCCCCC(C)C.I. The molecule has 0 aliphatic carbocycles. The molecule has 0 bridgehead atoms. The largest absolute Gasteiger partial charge is 0.379 e. The molecule has 0 unspecified atom stereocenters. The van der Waals surface area contributed by atoms with Gasteiger partial charge in [0.2, 0.25) is 5.91 Å². The number of hydrogen-bond acceptors (Lipinski definition) is 4. The molecule has 32 heavy (non-hydrogen) atoms. The summed E-state index contributed by atoms with van der Waals surface area (Å²) in [6.45, 7) is 13.0. The molecule has 1 aliphatic heterocycles. The standard InChI is InChI=1S/C24H41N5O2.HI/c1-4-25-24(26-12-6-5-8-20(2)3)27-19-21-9-7-10-22(18-21)28-23(30)11-13-29-14-16-31-17-15-29;/h7,9-10,18,20H,4-6,8,11-17,19H2,1-3H3,(H,28,30)(H2,25,26,27);1H. The van der Waals surface area contributed by atoms with Gasteiger partial charge in [0.25, 0.3) is 0 Å². The summed E-state index contributed by atoms with van der Waals surface area (Å²) in [5, 5.41) is 9.73. The molecule has 0 radical (unpaired) electrons. The third-order valence-electron chi connectivity index (χ3n) is 5.23. The van der Waals surface area contributed by atoms with Crippen LogP contribution >= 0.6 is 24.0 Å². The highest BCUT2D eigenvalue weighted by Crippen LogP contribution is 2.12. The van der Waals surface area contributed by atoms with Crippen LogP contribution in [-0.2, 0) is 16.1 Å². The van der Waals surface area contributed by atoms with E-state index in [1.807, 2.05) is 24.3 Å². The number of unbranched alkanes of at least 4 members (excludes halogenated alkanes) is 1. The van der Waals surface area contributed by atoms with E-state index in [1.54, 1.807) is 0 Å². The Balaban J connectivity index is 0.00000512. The van der Waals surface area contributed by atoms with Gasteiger partial charge in [0.05, 0.1) is 19.8 Å². The van der Waals surface area contributed by atoms with Crippen molar-refractivity contribution in [2.45, 2.75) is 53.0 Å². The molecule has 1 aromatic carbocycles. The molecule has 1 saturated heterocycles. The maximum atomic E-state index is 12.3. The third-order valence-corrected chi connectivity index (χ3v) is 5.23. The zero-order valence-corrected chi connectivity index (χ0v) is 22.3. The van der Waals surface area contributed by atoms with Crippen molar-refractivity contribution < 1.29 is 9.53 Å². The average molecular weight is 560 g/mol. The second kappa shape index (κ2) is 17.1. The number of ether oxygens (including phenoxy) is 1. The van der Waals surface area contributed by atoms with Crippen molar-refractivity contribution in [3.8, 4) is 0 Å². The summed E-state index contributed by atoms with van der Waals surface area (Å²) in [5.74, 6) is 1.64. The molecule has 2 rings (SSSR count). The fourth-order valence-electron chi connectivity index (χ4n) is 3.45. The van der Waals surface area contributed by atoms with Crippen LogP contribution in [0.3, 0.4) is 0 Å². The van der Waals surface area contributed by atoms with E-state index in [-0.39, 0.29) is 29.9 Å². The van der Waals surface area contributed by atoms with Crippen LogP contribution in [-0.4, -0.2) is 62.7 Å². The van der Waals surface area contributed by atoms with Crippen molar-refractivity contribution in [1.82, 2.24) is 15.5 Å². The molecule has 1 heterocycles. The van der Waals surface area contributed by atoms with E-state index in [0.29, 0.717) is 13.0 Å². The van der Waals surface area contributed by atoms with Crippen LogP contribution in [0.4, 0.5) is 5.69 Å². The lowest BCUT2D eigenvalue weighted by Gasteiger charge is -2.26. The second-order valence-electron chi connectivity index (χ2n) is 8.46. The predicted molar refractivity (Wildman–Crippen MR) is 144 cm³/mol. The van der Waals surface area contributed by atoms with E-state index in [0.717, 1.165) is 75.5 Å². The Morgan fingerprint density at radius 2 is 1.97 bits per heavy atom. The Labute approximate surface area is 211 Å². The first kappa shape index (κ1) is 28.6. The molecular formula is C24H42IN5O2. The Bertz CT molecular complexity index is 678. The number of nitrogens with zero attached hydrogens (tertiary/aromatic N) is 2. The normalized spacial score (nSPS) is 14.7. The fourth-order valence-corrected chi connectivity index (χ4v) is 3.45. The van der Waals surface area contributed by atoms with E-state index in [1.165, 1.54) is 12.8 Å². The van der Waals surface area contributed by atoms with E-state index in [2.05, 4.69) is 41.6 Å². The van der Waals surface area contributed by atoms with Crippen molar-refractivity contribution in [1.29, 1.82) is 0 Å². The molecular weight excluding hydrogens is 517 g/mol. The van der Waals surface area contributed by atoms with Crippen molar-refractivity contribution in [2.75, 3.05) is 51.3 Å². The van der Waals surface area contributed by atoms with Gasteiger partial charge in [0, 0.05) is 44.8 Å². The lowest BCUT2D eigenvalue weighted by Crippen LogP contribution is -2.38. The molecule has 1 amide bonds. The van der Waals surface area contributed by atoms with Gasteiger partial charge in [-0.3, -0.25) is 9.69 Å². The number of amides is 1. The molecule has 1 fully saturated rings. The summed E-state index contributed by atoms with van der Waals surface area (Å²) < 4.78 is 5.35. The molecule has 1 aromatic rings. The number of carbonyl (C=O) groups excluding carboxylic acids is 1. The molecule has 0 saturated carbocycles. The van der Waals surface area contributed by atoms with Crippen LogP contribution in [0.15, 0.2) is 29.3 Å². The molecule has 182 valence electrons. The summed E-state index contributed by atoms with van der Waals surface area (Å²) in [4.78, 5) is 19.3. The highest BCUT2D eigenvalue weighted by molar-refractivity contribution is 14.0. The second-order valence-corrected chi connectivity index (χ2v) is 8.46. The van der Waals surface area contributed by atoms with Gasteiger partial charge in [-0.15, -0.1) is 24.0 Å².